The number of hydrogen-bond donors (Lipinski definition) is 1. The van der Waals surface area contributed by atoms with Crippen LogP contribution < -0.4 is 10.1 Å². The van der Waals surface area contributed by atoms with Gasteiger partial charge in [0.2, 0.25) is 11.0 Å². The SMILES string of the molecule is CCSc1nnc2c(n1)OC(C(C)=Cc1ccco1)Nc1ccccc1-2. The normalized spacial score (nSPS) is 16.1. The van der Waals surface area contributed by atoms with Gasteiger partial charge in [-0.05, 0) is 42.5 Å². The summed E-state index contributed by atoms with van der Waals surface area (Å²) >= 11 is 1.53. The molecule has 0 saturated carbocycles. The summed E-state index contributed by atoms with van der Waals surface area (Å²) in [5.41, 5.74) is 3.45. The van der Waals surface area contributed by atoms with E-state index < -0.39 is 6.23 Å². The highest BCUT2D eigenvalue weighted by Gasteiger charge is 2.25. The standard InChI is InChI=1S/C19H18N4O2S/c1-3-26-19-21-18-16(22-23-19)14-8-4-5-9-15(14)20-17(25-18)12(2)11-13-7-6-10-24-13/h4-11,17,20H,3H2,1-2H3. The highest BCUT2D eigenvalue weighted by atomic mass is 32.2. The predicted molar refractivity (Wildman–Crippen MR) is 102 cm³/mol. The molecule has 3 aromatic rings. The van der Waals surface area contributed by atoms with Crippen LogP contribution in [0.3, 0.4) is 0 Å². The summed E-state index contributed by atoms with van der Waals surface area (Å²) in [6.07, 6.45) is 3.21. The number of hydrogen-bond acceptors (Lipinski definition) is 7. The minimum Gasteiger partial charge on any atom is -0.465 e. The minimum absolute atomic E-state index is 0.390. The van der Waals surface area contributed by atoms with Gasteiger partial charge in [-0.25, -0.2) is 0 Å². The van der Waals surface area contributed by atoms with Crippen molar-refractivity contribution in [2.24, 2.45) is 0 Å². The van der Waals surface area contributed by atoms with Crippen molar-refractivity contribution in [3.8, 4) is 17.1 Å². The van der Waals surface area contributed by atoms with Crippen molar-refractivity contribution >= 4 is 23.5 Å². The molecule has 132 valence electrons. The van der Waals surface area contributed by atoms with Crippen LogP contribution >= 0.6 is 11.8 Å². The number of aromatic nitrogens is 3. The lowest BCUT2D eigenvalue weighted by molar-refractivity contribution is 0.255. The third-order valence-electron chi connectivity index (χ3n) is 3.93. The first-order valence-electron chi connectivity index (χ1n) is 8.36. The number of para-hydroxylation sites is 1. The summed E-state index contributed by atoms with van der Waals surface area (Å²) in [5, 5.41) is 12.6. The fourth-order valence-electron chi connectivity index (χ4n) is 2.72. The fraction of sp³-hybridized carbons (Fsp3) is 0.211. The van der Waals surface area contributed by atoms with Crippen LogP contribution in [0.25, 0.3) is 17.3 Å². The molecule has 4 rings (SSSR count). The van der Waals surface area contributed by atoms with Gasteiger partial charge in [0.15, 0.2) is 11.9 Å². The summed E-state index contributed by atoms with van der Waals surface area (Å²) in [6, 6.07) is 11.7. The van der Waals surface area contributed by atoms with Crippen LogP contribution in [0, 0.1) is 0 Å². The van der Waals surface area contributed by atoms with E-state index >= 15 is 0 Å². The van der Waals surface area contributed by atoms with Gasteiger partial charge in [0.05, 0.1) is 6.26 Å². The Morgan fingerprint density at radius 3 is 2.92 bits per heavy atom. The van der Waals surface area contributed by atoms with Crippen molar-refractivity contribution in [3.05, 3.63) is 54.0 Å². The molecule has 6 nitrogen and oxygen atoms in total. The van der Waals surface area contributed by atoms with Gasteiger partial charge in [0.1, 0.15) is 5.76 Å². The molecule has 7 heteroatoms. The van der Waals surface area contributed by atoms with Gasteiger partial charge >= 0.3 is 0 Å². The molecule has 0 bridgehead atoms. The molecule has 1 aliphatic rings. The summed E-state index contributed by atoms with van der Waals surface area (Å²) in [5.74, 6) is 2.12. The molecule has 0 aliphatic carbocycles. The molecule has 2 aromatic heterocycles. The molecule has 0 fully saturated rings. The quantitative estimate of drug-likeness (QED) is 0.683. The Kier molecular flexibility index (Phi) is 4.62. The Bertz CT molecular complexity index is 940. The second-order valence-electron chi connectivity index (χ2n) is 5.77. The molecule has 26 heavy (non-hydrogen) atoms. The molecule has 0 radical (unpaired) electrons. The lowest BCUT2D eigenvalue weighted by Gasteiger charge is -2.19. The van der Waals surface area contributed by atoms with Crippen molar-refractivity contribution in [3.63, 3.8) is 0 Å². The van der Waals surface area contributed by atoms with E-state index in [-0.39, 0.29) is 0 Å². The zero-order chi connectivity index (χ0) is 17.9. The Balaban J connectivity index is 1.77. The number of fused-ring (bicyclic) bond motifs is 3. The van der Waals surface area contributed by atoms with E-state index in [2.05, 4.69) is 27.4 Å². The van der Waals surface area contributed by atoms with Crippen molar-refractivity contribution in [2.75, 3.05) is 11.1 Å². The first kappa shape index (κ1) is 16.7. The molecule has 1 unspecified atom stereocenters. The summed E-state index contributed by atoms with van der Waals surface area (Å²) in [7, 11) is 0. The van der Waals surface area contributed by atoms with E-state index in [1.54, 1.807) is 6.26 Å². The molecule has 1 aromatic carbocycles. The van der Waals surface area contributed by atoms with Crippen molar-refractivity contribution in [2.45, 2.75) is 25.2 Å². The summed E-state index contributed by atoms with van der Waals surface area (Å²) in [6.45, 7) is 4.04. The van der Waals surface area contributed by atoms with Crippen molar-refractivity contribution < 1.29 is 9.15 Å². The Hall–Kier alpha value is -2.80. The van der Waals surface area contributed by atoms with E-state index in [0.717, 1.165) is 28.3 Å². The van der Waals surface area contributed by atoms with Crippen LogP contribution in [-0.4, -0.2) is 27.2 Å². The first-order chi connectivity index (χ1) is 12.7. The third kappa shape index (κ3) is 3.30. The van der Waals surface area contributed by atoms with E-state index in [4.69, 9.17) is 9.15 Å². The van der Waals surface area contributed by atoms with E-state index in [1.165, 1.54) is 11.8 Å². The zero-order valence-electron chi connectivity index (χ0n) is 14.5. The van der Waals surface area contributed by atoms with Crippen LogP contribution in [-0.2, 0) is 0 Å². The lowest BCUT2D eigenvalue weighted by Crippen LogP contribution is -2.27. The molecule has 1 atom stereocenters. The van der Waals surface area contributed by atoms with Gasteiger partial charge in [0.25, 0.3) is 0 Å². The highest BCUT2D eigenvalue weighted by molar-refractivity contribution is 7.99. The average molecular weight is 366 g/mol. The zero-order valence-corrected chi connectivity index (χ0v) is 15.3. The third-order valence-corrected chi connectivity index (χ3v) is 4.65. The molecule has 1 aliphatic heterocycles. The Morgan fingerprint density at radius 1 is 1.23 bits per heavy atom. The number of furan rings is 1. The smallest absolute Gasteiger partial charge is 0.247 e. The molecular weight excluding hydrogens is 348 g/mol. The van der Waals surface area contributed by atoms with E-state index in [1.807, 2.05) is 49.4 Å². The van der Waals surface area contributed by atoms with Crippen LogP contribution in [0.5, 0.6) is 5.88 Å². The van der Waals surface area contributed by atoms with Gasteiger partial charge in [-0.3, -0.25) is 0 Å². The maximum atomic E-state index is 6.19. The highest BCUT2D eigenvalue weighted by Crippen LogP contribution is 2.37. The van der Waals surface area contributed by atoms with Crippen LogP contribution in [0.2, 0.25) is 0 Å². The van der Waals surface area contributed by atoms with Crippen molar-refractivity contribution in [1.82, 2.24) is 15.2 Å². The predicted octanol–water partition coefficient (Wildman–Crippen LogP) is 4.48. The molecule has 3 heterocycles. The maximum absolute atomic E-state index is 6.19. The van der Waals surface area contributed by atoms with Crippen LogP contribution in [0.1, 0.15) is 19.6 Å². The largest absolute Gasteiger partial charge is 0.465 e. The van der Waals surface area contributed by atoms with Gasteiger partial charge in [0, 0.05) is 11.3 Å². The minimum atomic E-state index is -0.390. The van der Waals surface area contributed by atoms with Gasteiger partial charge in [-0.1, -0.05) is 36.9 Å². The summed E-state index contributed by atoms with van der Waals surface area (Å²) in [4.78, 5) is 4.57. The Morgan fingerprint density at radius 2 is 2.12 bits per heavy atom. The monoisotopic (exact) mass is 366 g/mol. The number of nitrogens with zero attached hydrogens (tertiary/aromatic N) is 3. The second-order valence-corrected chi connectivity index (χ2v) is 7.00. The summed E-state index contributed by atoms with van der Waals surface area (Å²) < 4.78 is 11.6. The van der Waals surface area contributed by atoms with E-state index in [9.17, 15) is 0 Å². The number of rotatable bonds is 4. The van der Waals surface area contributed by atoms with Gasteiger partial charge in [-0.2, -0.15) is 4.98 Å². The molecule has 1 N–H and O–H groups in total. The molecule has 0 spiro atoms. The average Bonchev–Trinajstić information content (AvgIpc) is 3.09. The first-order valence-corrected chi connectivity index (χ1v) is 9.35. The second kappa shape index (κ2) is 7.21. The number of benzene rings is 1. The van der Waals surface area contributed by atoms with Crippen LogP contribution in [0.15, 0.2) is 57.8 Å². The molecule has 0 saturated heterocycles. The Labute approximate surface area is 155 Å². The number of thioether (sulfide) groups is 1. The maximum Gasteiger partial charge on any atom is 0.247 e. The lowest BCUT2D eigenvalue weighted by atomic mass is 10.1. The molecular formula is C19H18N4O2S. The van der Waals surface area contributed by atoms with Gasteiger partial charge in [-0.15, -0.1) is 10.2 Å². The fourth-order valence-corrected chi connectivity index (χ4v) is 3.22. The number of ether oxygens (including phenoxy) is 1. The number of anilines is 1. The molecule has 0 amide bonds. The van der Waals surface area contributed by atoms with E-state index in [0.29, 0.717) is 16.7 Å². The number of nitrogens with one attached hydrogen (secondary N) is 1. The van der Waals surface area contributed by atoms with Crippen LogP contribution in [0.4, 0.5) is 5.69 Å². The van der Waals surface area contributed by atoms with Crippen molar-refractivity contribution in [1.29, 1.82) is 0 Å². The van der Waals surface area contributed by atoms with Gasteiger partial charge < -0.3 is 14.5 Å². The topological polar surface area (TPSA) is 73.1 Å².